The number of benzene rings is 1. The summed E-state index contributed by atoms with van der Waals surface area (Å²) < 4.78 is 12.7. The average Bonchev–Trinajstić information content (AvgIpc) is 3.44. The monoisotopic (exact) mass is 471 g/mol. The number of rotatable bonds is 5. The molecule has 2 saturated carbocycles. The number of halogens is 1. The lowest BCUT2D eigenvalue weighted by molar-refractivity contribution is 0.144. The second-order valence-electron chi connectivity index (χ2n) is 10.2. The Bertz CT molecular complexity index is 1040. The third-order valence-corrected chi connectivity index (χ3v) is 9.95. The Hall–Kier alpha value is -1.63. The lowest BCUT2D eigenvalue weighted by atomic mass is 9.77. The van der Waals surface area contributed by atoms with E-state index in [1.807, 2.05) is 12.1 Å². The first-order chi connectivity index (χ1) is 15.5. The molecule has 3 fully saturated rings. The molecule has 170 valence electrons. The van der Waals surface area contributed by atoms with Gasteiger partial charge in [-0.1, -0.05) is 23.7 Å². The van der Waals surface area contributed by atoms with Gasteiger partial charge in [0.15, 0.2) is 0 Å². The van der Waals surface area contributed by atoms with Crippen molar-refractivity contribution < 1.29 is 9.32 Å². The Balaban J connectivity index is 1.22. The van der Waals surface area contributed by atoms with Crippen LogP contribution < -0.4 is 10.2 Å². The molecule has 1 aromatic heterocycles. The number of aliphatic hydroxyl groups excluding tert-OH is 1. The van der Waals surface area contributed by atoms with E-state index >= 15 is 0 Å². The number of nitrogens with one attached hydrogen (secondary N) is 1. The van der Waals surface area contributed by atoms with Crippen molar-refractivity contribution in [1.82, 2.24) is 4.98 Å². The SMILES string of the molecule is O=S1CCc2nc(N3CC4CC(c5ccc(Cl)cc5)CC4C3)cc(NC3(CO)CCC3)c21. The van der Waals surface area contributed by atoms with Gasteiger partial charge in [-0.2, -0.15) is 0 Å². The molecular weight excluding hydrogens is 442 g/mol. The van der Waals surface area contributed by atoms with Crippen LogP contribution in [0, 0.1) is 11.8 Å². The van der Waals surface area contributed by atoms with Gasteiger partial charge in [0.1, 0.15) is 5.82 Å². The van der Waals surface area contributed by atoms with Crippen LogP contribution in [0.1, 0.15) is 49.3 Å². The molecule has 3 unspecified atom stereocenters. The number of nitrogens with zero attached hydrogens (tertiary/aromatic N) is 2. The molecule has 6 rings (SSSR count). The molecule has 0 bridgehead atoms. The molecule has 2 aliphatic heterocycles. The van der Waals surface area contributed by atoms with Gasteiger partial charge in [-0.3, -0.25) is 4.21 Å². The van der Waals surface area contributed by atoms with Crippen LogP contribution in [0.5, 0.6) is 0 Å². The fourth-order valence-electron chi connectivity index (χ4n) is 6.25. The third kappa shape index (κ3) is 3.55. The predicted octanol–water partition coefficient (Wildman–Crippen LogP) is 4.36. The zero-order valence-corrected chi connectivity index (χ0v) is 19.8. The summed E-state index contributed by atoms with van der Waals surface area (Å²) in [6.45, 7) is 2.19. The highest BCUT2D eigenvalue weighted by Crippen LogP contribution is 2.48. The average molecular weight is 472 g/mol. The van der Waals surface area contributed by atoms with Gasteiger partial charge in [0.25, 0.3) is 0 Å². The first-order valence-corrected chi connectivity index (χ1v) is 13.5. The van der Waals surface area contributed by atoms with E-state index in [4.69, 9.17) is 16.6 Å². The van der Waals surface area contributed by atoms with E-state index in [-0.39, 0.29) is 12.1 Å². The van der Waals surface area contributed by atoms with E-state index < -0.39 is 10.8 Å². The van der Waals surface area contributed by atoms with Gasteiger partial charge in [-0.25, -0.2) is 4.98 Å². The van der Waals surface area contributed by atoms with E-state index in [1.54, 1.807) is 0 Å². The maximum atomic E-state index is 12.7. The fraction of sp³-hybridized carbons (Fsp3) is 0.560. The molecule has 4 aliphatic rings. The summed E-state index contributed by atoms with van der Waals surface area (Å²) in [6, 6.07) is 10.5. The molecular formula is C25H30ClN3O2S. The van der Waals surface area contributed by atoms with E-state index in [1.165, 1.54) is 18.4 Å². The Kier molecular flexibility index (Phi) is 5.23. The van der Waals surface area contributed by atoms with Crippen molar-refractivity contribution in [3.05, 3.63) is 46.6 Å². The summed E-state index contributed by atoms with van der Waals surface area (Å²) in [4.78, 5) is 8.28. The minimum Gasteiger partial charge on any atom is -0.394 e. The Labute approximate surface area is 197 Å². The number of anilines is 2. The van der Waals surface area contributed by atoms with Gasteiger partial charge in [0, 0.05) is 36.4 Å². The molecule has 0 amide bonds. The molecule has 0 spiro atoms. The van der Waals surface area contributed by atoms with E-state index in [9.17, 15) is 9.32 Å². The minimum atomic E-state index is -1.00. The molecule has 3 heterocycles. The number of aryl methyl sites for hydroxylation is 1. The zero-order chi connectivity index (χ0) is 21.9. The highest BCUT2D eigenvalue weighted by molar-refractivity contribution is 7.85. The normalized spacial score (nSPS) is 30.1. The standard InChI is InChI=1S/C25H30ClN3O2S/c26-20-4-2-16(3-5-20)17-10-18-13-29(14-19(18)11-17)23-12-22(28-25(15-30)7-1-8-25)24-21(27-23)6-9-32(24)31/h2-5,12,17-19,30H,1,6-11,13-15H2,(H,27,28). The molecule has 2 aliphatic carbocycles. The highest BCUT2D eigenvalue weighted by atomic mass is 35.5. The summed E-state index contributed by atoms with van der Waals surface area (Å²) >= 11 is 6.07. The molecule has 3 atom stereocenters. The zero-order valence-electron chi connectivity index (χ0n) is 18.2. The van der Waals surface area contributed by atoms with Gasteiger partial charge in [0.2, 0.25) is 0 Å². The van der Waals surface area contributed by atoms with Gasteiger partial charge >= 0.3 is 0 Å². The van der Waals surface area contributed by atoms with Crippen molar-refractivity contribution in [1.29, 1.82) is 0 Å². The predicted molar refractivity (Wildman–Crippen MR) is 129 cm³/mol. The van der Waals surface area contributed by atoms with Gasteiger partial charge in [-0.15, -0.1) is 0 Å². The first-order valence-electron chi connectivity index (χ1n) is 11.9. The summed E-state index contributed by atoms with van der Waals surface area (Å²) in [5.41, 5.74) is 3.07. The molecule has 0 radical (unpaired) electrons. The van der Waals surface area contributed by atoms with Crippen molar-refractivity contribution >= 4 is 33.9 Å². The second-order valence-corrected chi connectivity index (χ2v) is 12.1. The van der Waals surface area contributed by atoms with E-state index in [2.05, 4.69) is 28.4 Å². The second kappa shape index (κ2) is 8.00. The van der Waals surface area contributed by atoms with Gasteiger partial charge < -0.3 is 15.3 Å². The maximum Gasteiger partial charge on any atom is 0.130 e. The summed E-state index contributed by atoms with van der Waals surface area (Å²) in [7, 11) is -1.00. The lowest BCUT2D eigenvalue weighted by Crippen LogP contribution is -2.48. The number of pyridine rings is 1. The van der Waals surface area contributed by atoms with Crippen molar-refractivity contribution in [2.45, 2.75) is 54.9 Å². The number of hydrogen-bond donors (Lipinski definition) is 2. The third-order valence-electron chi connectivity index (χ3n) is 8.21. The molecule has 2 aromatic rings. The summed E-state index contributed by atoms with van der Waals surface area (Å²) in [5.74, 6) is 3.66. The van der Waals surface area contributed by atoms with Crippen LogP contribution in [0.4, 0.5) is 11.5 Å². The van der Waals surface area contributed by atoms with E-state index in [0.717, 1.165) is 65.9 Å². The van der Waals surface area contributed by atoms with Crippen LogP contribution >= 0.6 is 11.6 Å². The molecule has 1 aromatic carbocycles. The largest absolute Gasteiger partial charge is 0.394 e. The Morgan fingerprint density at radius 3 is 2.53 bits per heavy atom. The minimum absolute atomic E-state index is 0.117. The van der Waals surface area contributed by atoms with Crippen LogP contribution in [-0.4, -0.2) is 45.3 Å². The van der Waals surface area contributed by atoms with Crippen molar-refractivity contribution in [2.75, 3.05) is 35.7 Å². The fourth-order valence-corrected chi connectivity index (χ4v) is 7.72. The smallest absolute Gasteiger partial charge is 0.130 e. The Morgan fingerprint density at radius 1 is 1.19 bits per heavy atom. The van der Waals surface area contributed by atoms with E-state index in [0.29, 0.717) is 23.5 Å². The summed E-state index contributed by atoms with van der Waals surface area (Å²) in [6.07, 6.45) is 6.26. The van der Waals surface area contributed by atoms with Crippen molar-refractivity contribution in [3.63, 3.8) is 0 Å². The number of hydrogen-bond acceptors (Lipinski definition) is 5. The Morgan fingerprint density at radius 2 is 1.91 bits per heavy atom. The molecule has 5 nitrogen and oxygen atoms in total. The van der Waals surface area contributed by atoms with Crippen LogP contribution in [0.15, 0.2) is 35.2 Å². The number of aromatic nitrogens is 1. The number of fused-ring (bicyclic) bond motifs is 2. The lowest BCUT2D eigenvalue weighted by Gasteiger charge is -2.42. The van der Waals surface area contributed by atoms with Crippen LogP contribution in [0.25, 0.3) is 0 Å². The summed E-state index contributed by atoms with van der Waals surface area (Å²) in [5, 5.41) is 14.4. The van der Waals surface area contributed by atoms with Crippen molar-refractivity contribution in [3.8, 4) is 0 Å². The van der Waals surface area contributed by atoms with Crippen LogP contribution in [0.3, 0.4) is 0 Å². The maximum absolute atomic E-state index is 12.7. The topological polar surface area (TPSA) is 65.5 Å². The highest BCUT2D eigenvalue weighted by Gasteiger charge is 2.43. The van der Waals surface area contributed by atoms with Gasteiger partial charge in [-0.05, 0) is 67.6 Å². The first kappa shape index (κ1) is 20.9. The van der Waals surface area contributed by atoms with Crippen LogP contribution in [0.2, 0.25) is 5.02 Å². The van der Waals surface area contributed by atoms with Crippen molar-refractivity contribution in [2.24, 2.45) is 11.8 Å². The number of aliphatic hydroxyl groups is 1. The van der Waals surface area contributed by atoms with Gasteiger partial charge in [0.05, 0.1) is 39.2 Å². The molecule has 2 N–H and O–H groups in total. The van der Waals surface area contributed by atoms with Crippen LogP contribution in [-0.2, 0) is 17.2 Å². The molecule has 32 heavy (non-hydrogen) atoms. The molecule has 7 heteroatoms. The quantitative estimate of drug-likeness (QED) is 0.678. The molecule has 1 saturated heterocycles.